The third-order valence-corrected chi connectivity index (χ3v) is 3.65. The van der Waals surface area contributed by atoms with Crippen molar-refractivity contribution in [3.05, 3.63) is 33.9 Å². The Morgan fingerprint density at radius 1 is 1.45 bits per heavy atom. The van der Waals surface area contributed by atoms with Crippen LogP contribution in [0.2, 0.25) is 0 Å². The molecular formula is C14H19N3O3. The van der Waals surface area contributed by atoms with E-state index in [2.05, 4.69) is 5.32 Å². The van der Waals surface area contributed by atoms with Crippen LogP contribution in [0, 0.1) is 16.0 Å². The fourth-order valence-corrected chi connectivity index (χ4v) is 2.17. The number of hydrogen-bond donors (Lipinski definition) is 1. The summed E-state index contributed by atoms with van der Waals surface area (Å²) in [5.74, 6) is 0.372. The SMILES string of the molecule is CN(C)C(=O)c1ccc(NCC2CCC2)c([N+](=O)[O-])c1. The van der Waals surface area contributed by atoms with Crippen LogP contribution in [0.25, 0.3) is 0 Å². The molecule has 0 heterocycles. The first-order chi connectivity index (χ1) is 9.49. The molecule has 0 radical (unpaired) electrons. The lowest BCUT2D eigenvalue weighted by atomic mass is 9.85. The molecule has 2 rings (SSSR count). The molecule has 1 aliphatic carbocycles. The Kier molecular flexibility index (Phi) is 4.22. The highest BCUT2D eigenvalue weighted by Gasteiger charge is 2.21. The number of rotatable bonds is 5. The molecule has 20 heavy (non-hydrogen) atoms. The number of carbonyl (C=O) groups is 1. The van der Waals surface area contributed by atoms with E-state index in [4.69, 9.17) is 0 Å². The van der Waals surface area contributed by atoms with E-state index < -0.39 is 4.92 Å². The van der Waals surface area contributed by atoms with Crippen molar-refractivity contribution in [2.24, 2.45) is 5.92 Å². The molecule has 0 aromatic heterocycles. The molecule has 0 bridgehead atoms. The molecule has 1 aliphatic rings. The van der Waals surface area contributed by atoms with E-state index in [0.717, 1.165) is 6.54 Å². The summed E-state index contributed by atoms with van der Waals surface area (Å²) in [6.07, 6.45) is 3.60. The molecule has 0 unspecified atom stereocenters. The standard InChI is InChI=1S/C14H19N3O3/c1-16(2)14(18)11-6-7-12(13(8-11)17(19)20)15-9-10-4-3-5-10/h6-8,10,15H,3-5,9H2,1-2H3. The molecular weight excluding hydrogens is 258 g/mol. The summed E-state index contributed by atoms with van der Waals surface area (Å²) in [7, 11) is 3.24. The van der Waals surface area contributed by atoms with Crippen LogP contribution in [-0.2, 0) is 0 Å². The van der Waals surface area contributed by atoms with Gasteiger partial charge in [0.25, 0.3) is 11.6 Å². The largest absolute Gasteiger partial charge is 0.379 e. The van der Waals surface area contributed by atoms with Gasteiger partial charge in [0.15, 0.2) is 0 Å². The van der Waals surface area contributed by atoms with Crippen LogP contribution in [0.4, 0.5) is 11.4 Å². The van der Waals surface area contributed by atoms with Crippen molar-refractivity contribution in [3.63, 3.8) is 0 Å². The Labute approximate surface area is 117 Å². The quantitative estimate of drug-likeness (QED) is 0.662. The second-order valence-corrected chi connectivity index (χ2v) is 5.37. The Morgan fingerprint density at radius 2 is 2.15 bits per heavy atom. The number of nitro groups is 1. The van der Waals surface area contributed by atoms with Gasteiger partial charge in [-0.05, 0) is 30.9 Å². The number of benzene rings is 1. The van der Waals surface area contributed by atoms with Crippen molar-refractivity contribution >= 4 is 17.3 Å². The number of nitrogens with one attached hydrogen (secondary N) is 1. The van der Waals surface area contributed by atoms with E-state index in [1.165, 1.54) is 30.2 Å². The zero-order chi connectivity index (χ0) is 14.7. The molecule has 1 fully saturated rings. The average Bonchev–Trinajstić information content (AvgIpc) is 2.35. The number of amides is 1. The number of hydrogen-bond acceptors (Lipinski definition) is 4. The Hall–Kier alpha value is -2.11. The number of anilines is 1. The molecule has 108 valence electrons. The number of nitrogens with zero attached hydrogens (tertiary/aromatic N) is 2. The van der Waals surface area contributed by atoms with Crippen LogP contribution in [0.1, 0.15) is 29.6 Å². The lowest BCUT2D eigenvalue weighted by Gasteiger charge is -2.25. The van der Waals surface area contributed by atoms with Crippen LogP contribution >= 0.6 is 0 Å². The summed E-state index contributed by atoms with van der Waals surface area (Å²) < 4.78 is 0. The zero-order valence-electron chi connectivity index (χ0n) is 11.8. The second kappa shape index (κ2) is 5.90. The summed E-state index contributed by atoms with van der Waals surface area (Å²) in [6.45, 7) is 0.752. The van der Waals surface area contributed by atoms with Gasteiger partial charge in [0, 0.05) is 32.3 Å². The first kappa shape index (κ1) is 14.3. The molecule has 0 spiro atoms. The Bertz CT molecular complexity index is 524. The van der Waals surface area contributed by atoms with E-state index in [0.29, 0.717) is 17.2 Å². The first-order valence-electron chi connectivity index (χ1n) is 6.73. The van der Waals surface area contributed by atoms with Crippen LogP contribution in [-0.4, -0.2) is 36.4 Å². The normalized spacial score (nSPS) is 14.5. The van der Waals surface area contributed by atoms with Gasteiger partial charge in [-0.15, -0.1) is 0 Å². The highest BCUT2D eigenvalue weighted by molar-refractivity contribution is 5.95. The monoisotopic (exact) mass is 277 g/mol. The molecule has 6 nitrogen and oxygen atoms in total. The maximum atomic E-state index is 11.8. The molecule has 6 heteroatoms. The highest BCUT2D eigenvalue weighted by atomic mass is 16.6. The number of nitro benzene ring substituents is 1. The zero-order valence-corrected chi connectivity index (χ0v) is 11.8. The summed E-state index contributed by atoms with van der Waals surface area (Å²) >= 11 is 0. The van der Waals surface area contributed by atoms with Crippen molar-refractivity contribution in [2.75, 3.05) is 26.0 Å². The molecule has 1 amide bonds. The molecule has 1 aromatic rings. The molecule has 0 atom stereocenters. The third kappa shape index (κ3) is 3.07. The van der Waals surface area contributed by atoms with Crippen molar-refractivity contribution in [3.8, 4) is 0 Å². The smallest absolute Gasteiger partial charge is 0.293 e. The molecule has 1 N–H and O–H groups in total. The van der Waals surface area contributed by atoms with Crippen molar-refractivity contribution < 1.29 is 9.72 Å². The third-order valence-electron chi connectivity index (χ3n) is 3.65. The van der Waals surface area contributed by atoms with Crippen molar-refractivity contribution in [2.45, 2.75) is 19.3 Å². The lowest BCUT2D eigenvalue weighted by Crippen LogP contribution is -2.23. The second-order valence-electron chi connectivity index (χ2n) is 5.37. The summed E-state index contributed by atoms with van der Waals surface area (Å²) in [5.41, 5.74) is 0.769. The van der Waals surface area contributed by atoms with Crippen molar-refractivity contribution in [1.82, 2.24) is 4.90 Å². The topological polar surface area (TPSA) is 75.5 Å². The summed E-state index contributed by atoms with van der Waals surface area (Å²) in [4.78, 5) is 23.9. The van der Waals surface area contributed by atoms with Crippen LogP contribution < -0.4 is 5.32 Å². The van der Waals surface area contributed by atoms with Crippen LogP contribution in [0.5, 0.6) is 0 Å². The highest BCUT2D eigenvalue weighted by Crippen LogP contribution is 2.30. The van der Waals surface area contributed by atoms with Gasteiger partial charge >= 0.3 is 0 Å². The molecule has 0 aliphatic heterocycles. The minimum absolute atomic E-state index is 0.0444. The lowest BCUT2D eigenvalue weighted by molar-refractivity contribution is -0.384. The van der Waals surface area contributed by atoms with Gasteiger partial charge in [-0.2, -0.15) is 0 Å². The van der Waals surface area contributed by atoms with Crippen LogP contribution in [0.15, 0.2) is 18.2 Å². The first-order valence-corrected chi connectivity index (χ1v) is 6.73. The van der Waals surface area contributed by atoms with E-state index >= 15 is 0 Å². The van der Waals surface area contributed by atoms with Gasteiger partial charge in [0.05, 0.1) is 4.92 Å². The van der Waals surface area contributed by atoms with Gasteiger partial charge in [-0.25, -0.2) is 0 Å². The number of carbonyl (C=O) groups excluding carboxylic acids is 1. The Morgan fingerprint density at radius 3 is 2.65 bits per heavy atom. The van der Waals surface area contributed by atoms with E-state index in [-0.39, 0.29) is 11.6 Å². The summed E-state index contributed by atoms with van der Waals surface area (Å²) in [6, 6.07) is 4.58. The van der Waals surface area contributed by atoms with Gasteiger partial charge < -0.3 is 10.2 Å². The fourth-order valence-electron chi connectivity index (χ4n) is 2.17. The van der Waals surface area contributed by atoms with Gasteiger partial charge in [-0.3, -0.25) is 14.9 Å². The predicted octanol–water partition coefficient (Wildman–Crippen LogP) is 2.51. The molecule has 1 aromatic carbocycles. The predicted molar refractivity (Wildman–Crippen MR) is 76.9 cm³/mol. The fraction of sp³-hybridized carbons (Fsp3) is 0.500. The molecule has 0 saturated heterocycles. The maximum Gasteiger partial charge on any atom is 0.293 e. The minimum Gasteiger partial charge on any atom is -0.379 e. The Balaban J connectivity index is 2.18. The average molecular weight is 277 g/mol. The van der Waals surface area contributed by atoms with E-state index in [1.807, 2.05) is 0 Å². The van der Waals surface area contributed by atoms with E-state index in [9.17, 15) is 14.9 Å². The minimum atomic E-state index is -0.449. The molecule has 1 saturated carbocycles. The maximum absolute atomic E-state index is 11.8. The van der Waals surface area contributed by atoms with E-state index in [1.54, 1.807) is 26.2 Å². The summed E-state index contributed by atoms with van der Waals surface area (Å²) in [5, 5.41) is 14.3. The van der Waals surface area contributed by atoms with Gasteiger partial charge in [-0.1, -0.05) is 6.42 Å². The van der Waals surface area contributed by atoms with Gasteiger partial charge in [0.2, 0.25) is 0 Å². The van der Waals surface area contributed by atoms with Gasteiger partial charge in [0.1, 0.15) is 5.69 Å². The van der Waals surface area contributed by atoms with Crippen molar-refractivity contribution in [1.29, 1.82) is 0 Å². The van der Waals surface area contributed by atoms with Crippen LogP contribution in [0.3, 0.4) is 0 Å².